The summed E-state index contributed by atoms with van der Waals surface area (Å²) in [6, 6.07) is 0.191. The Morgan fingerprint density at radius 3 is 3.00 bits per heavy atom. The maximum atomic E-state index is 5.84. The number of aliphatic imine (C=N–C) groups is 1. The molecule has 0 amide bonds. The Bertz CT molecular complexity index is 492. The summed E-state index contributed by atoms with van der Waals surface area (Å²) < 4.78 is 11.2. The van der Waals surface area contributed by atoms with Crippen LogP contribution in [-0.2, 0) is 22.4 Å². The summed E-state index contributed by atoms with van der Waals surface area (Å²) in [4.78, 5) is 10.3. The van der Waals surface area contributed by atoms with Gasteiger partial charge in [0.25, 0.3) is 0 Å². The van der Waals surface area contributed by atoms with Gasteiger partial charge in [-0.15, -0.1) is 35.3 Å². The van der Waals surface area contributed by atoms with E-state index in [-0.39, 0.29) is 36.1 Å². The van der Waals surface area contributed by atoms with Crippen molar-refractivity contribution in [2.24, 2.45) is 4.99 Å². The van der Waals surface area contributed by atoms with E-state index in [1.807, 2.05) is 6.20 Å². The number of halogens is 1. The van der Waals surface area contributed by atoms with Crippen molar-refractivity contribution >= 4 is 41.3 Å². The normalized spacial score (nSPS) is 19.0. The monoisotopic (exact) mass is 468 g/mol. The molecular weight excluding hydrogens is 439 g/mol. The molecular formula is C16H29IN4O2S. The summed E-state index contributed by atoms with van der Waals surface area (Å²) in [5.41, 5.74) is 0. The summed E-state index contributed by atoms with van der Waals surface area (Å²) in [6.45, 7) is 9.90. The quantitative estimate of drug-likeness (QED) is 0.349. The molecule has 0 spiro atoms. The van der Waals surface area contributed by atoms with Crippen LogP contribution < -0.4 is 10.6 Å². The van der Waals surface area contributed by atoms with Crippen LogP contribution in [-0.4, -0.2) is 49.5 Å². The Balaban J connectivity index is 0.00000288. The Morgan fingerprint density at radius 2 is 2.38 bits per heavy atom. The van der Waals surface area contributed by atoms with Gasteiger partial charge in [0.2, 0.25) is 0 Å². The van der Waals surface area contributed by atoms with E-state index < -0.39 is 0 Å². The smallest absolute Gasteiger partial charge is 0.191 e. The van der Waals surface area contributed by atoms with Crippen LogP contribution in [0.1, 0.15) is 37.1 Å². The third-order valence-electron chi connectivity index (χ3n) is 3.52. The number of rotatable bonds is 8. The van der Waals surface area contributed by atoms with Crippen molar-refractivity contribution in [3.05, 3.63) is 16.1 Å². The zero-order valence-electron chi connectivity index (χ0n) is 14.7. The van der Waals surface area contributed by atoms with Crippen molar-refractivity contribution in [2.45, 2.75) is 52.3 Å². The Kier molecular flexibility index (Phi) is 10.8. The van der Waals surface area contributed by atoms with Crippen molar-refractivity contribution in [2.75, 3.05) is 26.4 Å². The number of guanidine groups is 1. The van der Waals surface area contributed by atoms with Gasteiger partial charge in [0, 0.05) is 30.3 Å². The van der Waals surface area contributed by atoms with Crippen molar-refractivity contribution in [1.82, 2.24) is 15.6 Å². The van der Waals surface area contributed by atoms with E-state index in [2.05, 4.69) is 41.4 Å². The predicted octanol–water partition coefficient (Wildman–Crippen LogP) is 2.57. The fraction of sp³-hybridized carbons (Fsp3) is 0.750. The van der Waals surface area contributed by atoms with Crippen LogP contribution in [0.3, 0.4) is 0 Å². The molecule has 0 radical (unpaired) electrons. The highest BCUT2D eigenvalue weighted by molar-refractivity contribution is 14.0. The summed E-state index contributed by atoms with van der Waals surface area (Å²) in [5, 5.41) is 7.70. The molecule has 138 valence electrons. The lowest BCUT2D eigenvalue weighted by atomic mass is 10.3. The maximum Gasteiger partial charge on any atom is 0.191 e. The van der Waals surface area contributed by atoms with E-state index in [4.69, 9.17) is 9.47 Å². The first-order valence-corrected chi connectivity index (χ1v) is 9.20. The van der Waals surface area contributed by atoms with Crippen molar-refractivity contribution in [3.8, 4) is 0 Å². The van der Waals surface area contributed by atoms with E-state index in [0.29, 0.717) is 19.8 Å². The fourth-order valence-corrected chi connectivity index (χ4v) is 3.04. The number of ether oxygens (including phenoxy) is 2. The number of thiazole rings is 1. The summed E-state index contributed by atoms with van der Waals surface area (Å²) in [7, 11) is 0. The van der Waals surface area contributed by atoms with Crippen LogP contribution in [0.5, 0.6) is 0 Å². The van der Waals surface area contributed by atoms with Crippen molar-refractivity contribution in [3.63, 3.8) is 0 Å². The molecule has 24 heavy (non-hydrogen) atoms. The van der Waals surface area contributed by atoms with Gasteiger partial charge in [-0.25, -0.2) is 9.98 Å². The molecule has 2 N–H and O–H groups in total. The standard InChI is InChI=1S/C16H28N4O2S.HI/c1-4-14-8-18-15(23-14)9-19-16(17-5-2)20-12(3)10-22-13-6-7-21-11-13;/h8,12-13H,4-7,9-11H2,1-3H3,(H2,17,19,20);1H. The summed E-state index contributed by atoms with van der Waals surface area (Å²) in [6.07, 6.45) is 4.20. The van der Waals surface area contributed by atoms with Gasteiger partial charge in [0.05, 0.1) is 25.9 Å². The molecule has 1 saturated heterocycles. The third kappa shape index (κ3) is 7.62. The van der Waals surface area contributed by atoms with Gasteiger partial charge in [-0.05, 0) is 26.7 Å². The van der Waals surface area contributed by atoms with Crippen LogP contribution in [0, 0.1) is 0 Å². The number of aryl methyl sites for hydroxylation is 1. The highest BCUT2D eigenvalue weighted by atomic mass is 127. The molecule has 2 atom stereocenters. The second kappa shape index (κ2) is 12.0. The average Bonchev–Trinajstić information content (AvgIpc) is 3.22. The SMILES string of the molecule is CCNC(=NCc1ncc(CC)s1)NC(C)COC1CCOC1.I. The summed E-state index contributed by atoms with van der Waals surface area (Å²) in [5.74, 6) is 0.805. The zero-order valence-corrected chi connectivity index (χ0v) is 17.9. The first-order valence-electron chi connectivity index (χ1n) is 8.39. The molecule has 2 rings (SSSR count). The van der Waals surface area contributed by atoms with Crippen LogP contribution >= 0.6 is 35.3 Å². The molecule has 6 nitrogen and oxygen atoms in total. The highest BCUT2D eigenvalue weighted by Gasteiger charge is 2.17. The predicted molar refractivity (Wildman–Crippen MR) is 109 cm³/mol. The minimum atomic E-state index is 0. The molecule has 1 aromatic heterocycles. The first kappa shape index (κ1) is 21.6. The molecule has 2 unspecified atom stereocenters. The first-order chi connectivity index (χ1) is 11.2. The molecule has 8 heteroatoms. The van der Waals surface area contributed by atoms with Gasteiger partial charge < -0.3 is 20.1 Å². The number of nitrogens with zero attached hydrogens (tertiary/aromatic N) is 2. The van der Waals surface area contributed by atoms with E-state index >= 15 is 0 Å². The Labute approximate surface area is 165 Å². The van der Waals surface area contributed by atoms with Gasteiger partial charge in [-0.3, -0.25) is 0 Å². The van der Waals surface area contributed by atoms with E-state index in [0.717, 1.165) is 37.0 Å². The van der Waals surface area contributed by atoms with E-state index in [1.165, 1.54) is 4.88 Å². The Morgan fingerprint density at radius 1 is 1.54 bits per heavy atom. The average molecular weight is 468 g/mol. The lowest BCUT2D eigenvalue weighted by Crippen LogP contribution is -2.44. The fourth-order valence-electron chi connectivity index (χ4n) is 2.25. The molecule has 1 aliphatic heterocycles. The molecule has 0 aliphatic carbocycles. The minimum absolute atomic E-state index is 0. The topological polar surface area (TPSA) is 67.8 Å². The third-order valence-corrected chi connectivity index (χ3v) is 4.65. The van der Waals surface area contributed by atoms with Gasteiger partial charge >= 0.3 is 0 Å². The van der Waals surface area contributed by atoms with Crippen LogP contribution in [0.25, 0.3) is 0 Å². The number of hydrogen-bond donors (Lipinski definition) is 2. The second-order valence-corrected chi connectivity index (χ2v) is 6.83. The van der Waals surface area contributed by atoms with Crippen molar-refractivity contribution < 1.29 is 9.47 Å². The maximum absolute atomic E-state index is 5.84. The van der Waals surface area contributed by atoms with E-state index in [1.54, 1.807) is 11.3 Å². The van der Waals surface area contributed by atoms with Gasteiger partial charge in [-0.2, -0.15) is 0 Å². The molecule has 1 fully saturated rings. The lowest BCUT2D eigenvalue weighted by Gasteiger charge is -2.19. The van der Waals surface area contributed by atoms with Gasteiger partial charge in [0.1, 0.15) is 5.01 Å². The van der Waals surface area contributed by atoms with E-state index in [9.17, 15) is 0 Å². The van der Waals surface area contributed by atoms with Gasteiger partial charge in [0.15, 0.2) is 5.96 Å². The minimum Gasteiger partial charge on any atom is -0.379 e. The molecule has 0 bridgehead atoms. The number of hydrogen-bond acceptors (Lipinski definition) is 5. The highest BCUT2D eigenvalue weighted by Crippen LogP contribution is 2.14. The van der Waals surface area contributed by atoms with Crippen molar-refractivity contribution in [1.29, 1.82) is 0 Å². The number of nitrogens with one attached hydrogen (secondary N) is 2. The number of aromatic nitrogens is 1. The molecule has 1 aliphatic rings. The zero-order chi connectivity index (χ0) is 16.5. The molecule has 0 aromatic carbocycles. The largest absolute Gasteiger partial charge is 0.379 e. The van der Waals surface area contributed by atoms with Crippen LogP contribution in [0.15, 0.2) is 11.2 Å². The molecule has 2 heterocycles. The molecule has 0 saturated carbocycles. The lowest BCUT2D eigenvalue weighted by molar-refractivity contribution is 0.0347. The van der Waals surface area contributed by atoms with Crippen LogP contribution in [0.4, 0.5) is 0 Å². The molecule has 1 aromatic rings. The summed E-state index contributed by atoms with van der Waals surface area (Å²) >= 11 is 1.73. The van der Waals surface area contributed by atoms with Crippen LogP contribution in [0.2, 0.25) is 0 Å². The van der Waals surface area contributed by atoms with Gasteiger partial charge in [-0.1, -0.05) is 6.92 Å². The second-order valence-electron chi connectivity index (χ2n) is 5.63. The Hall–Kier alpha value is -0.450.